The van der Waals surface area contributed by atoms with Gasteiger partial charge in [0.2, 0.25) is 0 Å². The van der Waals surface area contributed by atoms with E-state index < -0.39 is 0 Å². The van der Waals surface area contributed by atoms with Gasteiger partial charge in [0.05, 0.1) is 0 Å². The maximum Gasteiger partial charge on any atom is 0.194 e. The smallest absolute Gasteiger partial charge is 0.194 e. The van der Waals surface area contributed by atoms with Crippen LogP contribution < -0.4 is 5.32 Å². The molecule has 6 nitrogen and oxygen atoms in total. The molecule has 27 heavy (non-hydrogen) atoms. The average Bonchev–Trinajstić information content (AvgIpc) is 3.29. The summed E-state index contributed by atoms with van der Waals surface area (Å²) < 4.78 is 2.01. The van der Waals surface area contributed by atoms with E-state index in [0.29, 0.717) is 17.7 Å². The third-order valence-electron chi connectivity index (χ3n) is 4.92. The van der Waals surface area contributed by atoms with Crippen molar-refractivity contribution in [2.24, 2.45) is 18.0 Å². The maximum atomic E-state index is 4.91. The van der Waals surface area contributed by atoms with E-state index >= 15 is 0 Å². The van der Waals surface area contributed by atoms with E-state index in [4.69, 9.17) is 4.99 Å². The summed E-state index contributed by atoms with van der Waals surface area (Å²) in [6.07, 6.45) is 1.02. The Kier molecular flexibility index (Phi) is 7.18. The fourth-order valence-corrected chi connectivity index (χ4v) is 5.03. The topological polar surface area (TPSA) is 58.3 Å². The number of thioether (sulfide) groups is 1. The summed E-state index contributed by atoms with van der Waals surface area (Å²) in [5.74, 6) is 4.64. The number of thiophene rings is 1. The fourth-order valence-electron chi connectivity index (χ4n) is 3.03. The molecular weight excluding hydrogens is 376 g/mol. The summed E-state index contributed by atoms with van der Waals surface area (Å²) in [4.78, 5) is 8.72. The number of nitrogens with zero attached hydrogens (tertiary/aromatic N) is 5. The molecule has 3 rings (SSSR count). The Morgan fingerprint density at radius 2 is 2.26 bits per heavy atom. The molecule has 1 saturated heterocycles. The molecule has 0 saturated carbocycles. The molecule has 2 aromatic rings. The van der Waals surface area contributed by atoms with Gasteiger partial charge in [0.15, 0.2) is 11.8 Å². The summed E-state index contributed by atoms with van der Waals surface area (Å²) in [6, 6.07) is 4.30. The Balaban J connectivity index is 1.68. The van der Waals surface area contributed by atoms with Crippen LogP contribution in [0, 0.1) is 12.8 Å². The molecule has 1 fully saturated rings. The minimum atomic E-state index is 0.550. The van der Waals surface area contributed by atoms with Crippen LogP contribution in [0.3, 0.4) is 0 Å². The zero-order valence-corrected chi connectivity index (χ0v) is 18.3. The van der Waals surface area contributed by atoms with Gasteiger partial charge in [0, 0.05) is 42.6 Å². The molecule has 1 aliphatic heterocycles. The van der Waals surface area contributed by atoms with Crippen molar-refractivity contribution in [3.05, 3.63) is 34.0 Å². The highest BCUT2D eigenvalue weighted by atomic mass is 32.2. The first-order chi connectivity index (χ1) is 13.0. The number of hydrogen-bond donors (Lipinski definition) is 1. The Bertz CT molecular complexity index is 737. The van der Waals surface area contributed by atoms with Gasteiger partial charge in [-0.1, -0.05) is 19.9 Å². The van der Waals surface area contributed by atoms with E-state index in [1.807, 2.05) is 29.9 Å². The van der Waals surface area contributed by atoms with Gasteiger partial charge in [-0.2, -0.15) is 11.8 Å². The van der Waals surface area contributed by atoms with Crippen LogP contribution in [0.2, 0.25) is 0 Å². The highest BCUT2D eigenvalue weighted by Crippen LogP contribution is 2.25. The van der Waals surface area contributed by atoms with E-state index in [-0.39, 0.29) is 0 Å². The molecule has 3 heterocycles. The molecule has 0 spiro atoms. The monoisotopic (exact) mass is 406 g/mol. The number of aryl methyl sites for hydroxylation is 1. The van der Waals surface area contributed by atoms with Crippen molar-refractivity contribution in [2.45, 2.75) is 39.0 Å². The molecule has 0 amide bonds. The van der Waals surface area contributed by atoms with Gasteiger partial charge in [-0.15, -0.1) is 21.5 Å². The molecule has 1 aliphatic rings. The minimum Gasteiger partial charge on any atom is -0.356 e. The average molecular weight is 407 g/mol. The highest BCUT2D eigenvalue weighted by molar-refractivity contribution is 8.00. The molecule has 1 N–H and O–H groups in total. The number of guanidine groups is 1. The summed E-state index contributed by atoms with van der Waals surface area (Å²) in [6.45, 7) is 10.1. The zero-order chi connectivity index (χ0) is 19.2. The van der Waals surface area contributed by atoms with E-state index in [1.54, 1.807) is 0 Å². The van der Waals surface area contributed by atoms with Crippen LogP contribution in [0.1, 0.15) is 30.4 Å². The first kappa shape index (κ1) is 20.2. The predicted octanol–water partition coefficient (Wildman–Crippen LogP) is 2.95. The minimum absolute atomic E-state index is 0.550. The van der Waals surface area contributed by atoms with Crippen LogP contribution in [0.5, 0.6) is 0 Å². The van der Waals surface area contributed by atoms with Gasteiger partial charge >= 0.3 is 0 Å². The number of aromatic nitrogens is 3. The molecule has 8 heteroatoms. The van der Waals surface area contributed by atoms with Crippen LogP contribution in [0.4, 0.5) is 0 Å². The molecule has 1 atom stereocenters. The van der Waals surface area contributed by atoms with Gasteiger partial charge < -0.3 is 14.8 Å². The summed E-state index contributed by atoms with van der Waals surface area (Å²) >= 11 is 3.90. The van der Waals surface area contributed by atoms with E-state index in [2.05, 4.69) is 63.5 Å². The van der Waals surface area contributed by atoms with Crippen LogP contribution in [0.25, 0.3) is 0 Å². The maximum absolute atomic E-state index is 4.91. The van der Waals surface area contributed by atoms with Gasteiger partial charge in [-0.25, -0.2) is 4.99 Å². The van der Waals surface area contributed by atoms with Crippen molar-refractivity contribution < 1.29 is 0 Å². The van der Waals surface area contributed by atoms with Crippen LogP contribution in [-0.2, 0) is 20.0 Å². The van der Waals surface area contributed by atoms with Crippen LogP contribution in [-0.4, -0.2) is 56.3 Å². The number of aliphatic imine (C=N–C) groups is 1. The van der Waals surface area contributed by atoms with Crippen molar-refractivity contribution in [2.75, 3.05) is 25.4 Å². The molecule has 2 aromatic heterocycles. The first-order valence-electron chi connectivity index (χ1n) is 9.56. The Morgan fingerprint density at radius 1 is 1.41 bits per heavy atom. The lowest BCUT2D eigenvalue weighted by molar-refractivity contribution is 0.380. The number of nitrogens with one attached hydrogen (secondary N) is 1. The van der Waals surface area contributed by atoms with Crippen molar-refractivity contribution >= 4 is 29.1 Å². The SMILES string of the molecule is Cc1nnc(CN=C(NCCc2cccs2)N2CCSC(C(C)C)C2)n1C. The summed E-state index contributed by atoms with van der Waals surface area (Å²) in [5.41, 5.74) is 0. The van der Waals surface area contributed by atoms with Gasteiger partial charge in [-0.3, -0.25) is 0 Å². The predicted molar refractivity (Wildman–Crippen MR) is 116 cm³/mol. The third-order valence-corrected chi connectivity index (χ3v) is 7.40. The van der Waals surface area contributed by atoms with Crippen molar-refractivity contribution in [1.29, 1.82) is 0 Å². The van der Waals surface area contributed by atoms with Crippen molar-refractivity contribution in [3.63, 3.8) is 0 Å². The Labute approximate surface area is 170 Å². The van der Waals surface area contributed by atoms with E-state index in [0.717, 1.165) is 49.4 Å². The zero-order valence-electron chi connectivity index (χ0n) is 16.7. The first-order valence-corrected chi connectivity index (χ1v) is 11.5. The van der Waals surface area contributed by atoms with E-state index in [9.17, 15) is 0 Å². The highest BCUT2D eigenvalue weighted by Gasteiger charge is 2.25. The normalized spacial score (nSPS) is 18.3. The largest absolute Gasteiger partial charge is 0.356 e. The quantitative estimate of drug-likeness (QED) is 0.590. The lowest BCUT2D eigenvalue weighted by Gasteiger charge is -2.36. The lowest BCUT2D eigenvalue weighted by Crippen LogP contribution is -2.49. The molecule has 148 valence electrons. The van der Waals surface area contributed by atoms with Gasteiger partial charge in [0.1, 0.15) is 12.4 Å². The van der Waals surface area contributed by atoms with Crippen molar-refractivity contribution in [1.82, 2.24) is 25.0 Å². The van der Waals surface area contributed by atoms with Crippen molar-refractivity contribution in [3.8, 4) is 0 Å². The van der Waals surface area contributed by atoms with Gasteiger partial charge in [-0.05, 0) is 30.7 Å². The molecule has 0 aliphatic carbocycles. The molecule has 1 unspecified atom stereocenters. The van der Waals surface area contributed by atoms with Crippen LogP contribution >= 0.6 is 23.1 Å². The lowest BCUT2D eigenvalue weighted by atomic mass is 10.1. The molecular formula is C19H30N6S2. The Morgan fingerprint density at radius 3 is 2.93 bits per heavy atom. The number of rotatable bonds is 6. The second-order valence-electron chi connectivity index (χ2n) is 7.22. The standard InChI is InChI=1S/C19H30N6S2/c1-14(2)17-13-25(9-11-27-17)19(20-8-7-16-6-5-10-26-16)21-12-18-23-22-15(3)24(18)4/h5-6,10,14,17H,7-9,11-13H2,1-4H3,(H,20,21). The molecule has 0 aromatic carbocycles. The molecule has 0 bridgehead atoms. The van der Waals surface area contributed by atoms with E-state index in [1.165, 1.54) is 4.88 Å². The second-order valence-corrected chi connectivity index (χ2v) is 9.60. The number of hydrogen-bond acceptors (Lipinski definition) is 5. The summed E-state index contributed by atoms with van der Waals surface area (Å²) in [5, 5.41) is 14.8. The third kappa shape index (κ3) is 5.48. The van der Waals surface area contributed by atoms with Gasteiger partial charge in [0.25, 0.3) is 0 Å². The Hall–Kier alpha value is -1.54. The van der Waals surface area contributed by atoms with Crippen LogP contribution in [0.15, 0.2) is 22.5 Å². The second kappa shape index (κ2) is 9.59. The summed E-state index contributed by atoms with van der Waals surface area (Å²) in [7, 11) is 2.00. The molecule has 0 radical (unpaired) electrons. The fraction of sp³-hybridized carbons (Fsp3) is 0.632.